The average Bonchev–Trinajstić information content (AvgIpc) is 3.47. The maximum atomic E-state index is 13.2. The Hall–Kier alpha value is -3.46. The number of piperazine rings is 1. The van der Waals surface area contributed by atoms with Gasteiger partial charge >= 0.3 is 6.09 Å². The van der Waals surface area contributed by atoms with Gasteiger partial charge in [-0.05, 0) is 53.3 Å². The minimum absolute atomic E-state index is 0.0685. The Kier molecular flexibility index (Phi) is 6.90. The number of β-amino-alcohol motifs (C(OH)–C–C–N with tert-alkyl or cyclic N) is 1. The molecule has 0 spiro atoms. The molecule has 3 amide bonds. The first-order valence-electron chi connectivity index (χ1n) is 11.8. The average molecular weight is 619 g/mol. The van der Waals surface area contributed by atoms with Crippen LogP contribution in [0.4, 0.5) is 16.3 Å². The van der Waals surface area contributed by atoms with E-state index in [0.29, 0.717) is 43.2 Å². The zero-order valence-electron chi connectivity index (χ0n) is 20.0. The summed E-state index contributed by atoms with van der Waals surface area (Å²) in [5, 5.41) is 22.5. The number of carbonyl (C=O) groups is 3. The molecule has 4 heterocycles. The van der Waals surface area contributed by atoms with E-state index in [1.165, 1.54) is 0 Å². The highest BCUT2D eigenvalue weighted by molar-refractivity contribution is 14.1. The SMILES string of the molecule is Cc1cc(Nc2nccn3c(I)cnc23)ccc1C(=O)N1CCN(C(=O)[C@@H]2C[C@@H](O)CN2C(=O)O)CC1. The Morgan fingerprint density at radius 1 is 1.11 bits per heavy atom. The van der Waals surface area contributed by atoms with Crippen LogP contribution in [-0.2, 0) is 4.79 Å². The number of rotatable bonds is 4. The molecule has 2 aliphatic rings. The lowest BCUT2D eigenvalue weighted by Crippen LogP contribution is -2.55. The molecule has 0 bridgehead atoms. The molecule has 0 saturated carbocycles. The van der Waals surface area contributed by atoms with Crippen molar-refractivity contribution in [3.8, 4) is 0 Å². The van der Waals surface area contributed by atoms with Crippen LogP contribution in [0.5, 0.6) is 0 Å². The van der Waals surface area contributed by atoms with Crippen molar-refractivity contribution in [3.05, 3.63) is 51.6 Å². The summed E-state index contributed by atoms with van der Waals surface area (Å²) >= 11 is 2.20. The number of benzene rings is 1. The van der Waals surface area contributed by atoms with Gasteiger partial charge in [-0.3, -0.25) is 18.9 Å². The predicted molar refractivity (Wildman–Crippen MR) is 142 cm³/mol. The minimum Gasteiger partial charge on any atom is -0.465 e. The number of halogens is 1. The first-order chi connectivity index (χ1) is 17.7. The molecule has 3 N–H and O–H groups in total. The number of hydrogen-bond donors (Lipinski definition) is 3. The summed E-state index contributed by atoms with van der Waals surface area (Å²) in [6, 6.07) is 4.60. The van der Waals surface area contributed by atoms with Crippen molar-refractivity contribution in [3.63, 3.8) is 0 Å². The minimum atomic E-state index is -1.22. The number of fused-ring (bicyclic) bond motifs is 1. The number of aliphatic hydroxyl groups is 1. The van der Waals surface area contributed by atoms with Crippen LogP contribution in [0.2, 0.25) is 0 Å². The van der Waals surface area contributed by atoms with E-state index < -0.39 is 18.2 Å². The van der Waals surface area contributed by atoms with Crippen LogP contribution in [0.3, 0.4) is 0 Å². The number of aryl methyl sites for hydroxylation is 1. The fourth-order valence-corrected chi connectivity index (χ4v) is 5.39. The quantitative estimate of drug-likeness (QED) is 0.376. The van der Waals surface area contributed by atoms with Crippen molar-refractivity contribution in [2.24, 2.45) is 0 Å². The summed E-state index contributed by atoms with van der Waals surface area (Å²) in [6.45, 7) is 3.11. The second-order valence-electron chi connectivity index (χ2n) is 9.16. The number of anilines is 2. The first kappa shape index (κ1) is 25.2. The third kappa shape index (κ3) is 4.92. The summed E-state index contributed by atoms with van der Waals surface area (Å²) in [5.41, 5.74) is 2.86. The van der Waals surface area contributed by atoms with Crippen LogP contribution in [-0.4, -0.2) is 102 Å². The molecule has 2 aliphatic heterocycles. The van der Waals surface area contributed by atoms with Gasteiger partial charge in [0.15, 0.2) is 11.5 Å². The topological polar surface area (TPSA) is 144 Å². The maximum absolute atomic E-state index is 13.2. The molecule has 2 saturated heterocycles. The van der Waals surface area contributed by atoms with Crippen molar-refractivity contribution in [2.45, 2.75) is 25.5 Å². The molecule has 2 atom stereocenters. The molecule has 194 valence electrons. The van der Waals surface area contributed by atoms with Gasteiger partial charge in [0.25, 0.3) is 5.91 Å². The molecule has 13 heteroatoms. The van der Waals surface area contributed by atoms with Crippen molar-refractivity contribution in [1.29, 1.82) is 0 Å². The van der Waals surface area contributed by atoms with Crippen LogP contribution in [0.25, 0.3) is 5.65 Å². The van der Waals surface area contributed by atoms with Gasteiger partial charge in [-0.15, -0.1) is 0 Å². The molecule has 2 fully saturated rings. The summed E-state index contributed by atoms with van der Waals surface area (Å²) in [4.78, 5) is 50.7. The van der Waals surface area contributed by atoms with Crippen LogP contribution >= 0.6 is 22.6 Å². The Labute approximate surface area is 226 Å². The highest BCUT2D eigenvalue weighted by Gasteiger charge is 2.41. The van der Waals surface area contributed by atoms with Crippen molar-refractivity contribution < 1.29 is 24.6 Å². The largest absolute Gasteiger partial charge is 0.465 e. The molecule has 3 aromatic rings. The van der Waals surface area contributed by atoms with Crippen LogP contribution < -0.4 is 5.32 Å². The number of nitrogens with one attached hydrogen (secondary N) is 1. The van der Waals surface area contributed by atoms with E-state index in [1.54, 1.807) is 28.3 Å². The number of aromatic nitrogens is 3. The zero-order chi connectivity index (χ0) is 26.3. The van der Waals surface area contributed by atoms with Gasteiger partial charge in [-0.1, -0.05) is 0 Å². The Morgan fingerprint density at radius 2 is 1.84 bits per heavy atom. The number of amides is 3. The smallest absolute Gasteiger partial charge is 0.408 e. The number of imidazole rings is 1. The van der Waals surface area contributed by atoms with E-state index in [9.17, 15) is 24.6 Å². The number of hydrogen-bond acceptors (Lipinski definition) is 7. The lowest BCUT2D eigenvalue weighted by molar-refractivity contribution is -0.137. The Balaban J connectivity index is 1.23. The van der Waals surface area contributed by atoms with Crippen LogP contribution in [0.15, 0.2) is 36.8 Å². The third-order valence-corrected chi connectivity index (χ3v) is 7.59. The predicted octanol–water partition coefficient (Wildman–Crippen LogP) is 1.78. The number of aliphatic hydroxyl groups excluding tert-OH is 1. The molecule has 2 aromatic heterocycles. The number of likely N-dealkylation sites (tertiary alicyclic amines) is 1. The van der Waals surface area contributed by atoms with Gasteiger partial charge in [0.1, 0.15) is 9.74 Å². The lowest BCUT2D eigenvalue weighted by atomic mass is 10.1. The Morgan fingerprint density at radius 3 is 2.54 bits per heavy atom. The standard InChI is InChI=1S/C24H26IN7O5/c1-14-10-15(28-20-21-27-12-19(25)31(21)5-4-26-20)2-3-17(14)22(34)29-6-8-30(9-7-29)23(35)18-11-16(33)13-32(18)24(36)37/h2-5,10,12,16,18,33H,6-9,11,13H2,1H3,(H,26,28)(H,36,37)/t16-,18+/m1/s1. The molecule has 12 nitrogen and oxygen atoms in total. The fourth-order valence-electron chi connectivity index (χ4n) is 4.87. The summed E-state index contributed by atoms with van der Waals surface area (Å²) in [5.74, 6) is 0.164. The molecular formula is C24H26IN7O5. The molecular weight excluding hydrogens is 593 g/mol. The number of carbonyl (C=O) groups excluding carboxylic acids is 2. The molecule has 1 aromatic carbocycles. The van der Waals surface area contributed by atoms with Crippen LogP contribution in [0.1, 0.15) is 22.3 Å². The number of carboxylic acid groups (broad SMARTS) is 1. The highest BCUT2D eigenvalue weighted by atomic mass is 127. The highest BCUT2D eigenvalue weighted by Crippen LogP contribution is 2.24. The van der Waals surface area contributed by atoms with Gasteiger partial charge in [-0.2, -0.15) is 0 Å². The summed E-state index contributed by atoms with van der Waals surface area (Å²) in [7, 11) is 0. The van der Waals surface area contributed by atoms with Crippen molar-refractivity contribution >= 4 is 57.7 Å². The van der Waals surface area contributed by atoms with Gasteiger partial charge in [0.2, 0.25) is 5.91 Å². The van der Waals surface area contributed by atoms with Gasteiger partial charge in [0.05, 0.1) is 18.8 Å². The van der Waals surface area contributed by atoms with E-state index in [-0.39, 0.29) is 24.8 Å². The maximum Gasteiger partial charge on any atom is 0.408 e. The van der Waals surface area contributed by atoms with E-state index in [0.717, 1.165) is 19.9 Å². The Bertz CT molecular complexity index is 1370. The summed E-state index contributed by atoms with van der Waals surface area (Å²) in [6.07, 6.45) is 3.33. The van der Waals surface area contributed by atoms with E-state index >= 15 is 0 Å². The van der Waals surface area contributed by atoms with Gasteiger partial charge in [-0.25, -0.2) is 14.8 Å². The van der Waals surface area contributed by atoms with Gasteiger partial charge < -0.3 is 25.3 Å². The zero-order valence-corrected chi connectivity index (χ0v) is 22.2. The second kappa shape index (κ2) is 10.1. The molecule has 0 aliphatic carbocycles. The monoisotopic (exact) mass is 619 g/mol. The van der Waals surface area contributed by atoms with Crippen LogP contribution in [0, 0.1) is 10.6 Å². The number of nitrogens with zero attached hydrogens (tertiary/aromatic N) is 6. The molecule has 0 unspecified atom stereocenters. The molecule has 0 radical (unpaired) electrons. The first-order valence-corrected chi connectivity index (χ1v) is 12.9. The summed E-state index contributed by atoms with van der Waals surface area (Å²) < 4.78 is 2.90. The van der Waals surface area contributed by atoms with E-state index in [1.807, 2.05) is 29.7 Å². The van der Waals surface area contributed by atoms with E-state index in [2.05, 4.69) is 37.9 Å². The van der Waals surface area contributed by atoms with Crippen molar-refractivity contribution in [2.75, 3.05) is 38.0 Å². The third-order valence-electron chi connectivity index (χ3n) is 6.79. The molecule has 37 heavy (non-hydrogen) atoms. The normalized spacial score (nSPS) is 19.9. The fraction of sp³-hybridized carbons (Fsp3) is 0.375. The van der Waals surface area contributed by atoms with Crippen molar-refractivity contribution in [1.82, 2.24) is 29.1 Å². The lowest BCUT2D eigenvalue weighted by Gasteiger charge is -2.37. The molecule has 5 rings (SSSR count). The second-order valence-corrected chi connectivity index (χ2v) is 10.3. The van der Waals surface area contributed by atoms with E-state index in [4.69, 9.17) is 0 Å². The van der Waals surface area contributed by atoms with Gasteiger partial charge in [0, 0.05) is 56.2 Å².